The molecule has 58 valence electrons. The largest absolute Gasteiger partial charge is 0.152 e. The maximum atomic E-state index is 2.37. The molecule has 0 radical (unpaired) electrons. The first kappa shape index (κ1) is 8.19. The Morgan fingerprint density at radius 1 is 1.50 bits per heavy atom. The van der Waals surface area contributed by atoms with Crippen LogP contribution in [-0.4, -0.2) is 10.5 Å². The van der Waals surface area contributed by atoms with Crippen LogP contribution in [0.2, 0.25) is 0 Å². The summed E-state index contributed by atoms with van der Waals surface area (Å²) in [5, 5.41) is 1.60. The zero-order valence-corrected chi connectivity index (χ0v) is 7.66. The molecule has 0 saturated carbocycles. The third-order valence-corrected chi connectivity index (χ3v) is 2.94. The molecular weight excluding hydrogens is 140 g/mol. The molecule has 0 N–H and O–H groups in total. The van der Waals surface area contributed by atoms with Gasteiger partial charge in [0, 0.05) is 5.25 Å². The van der Waals surface area contributed by atoms with Crippen LogP contribution in [0.15, 0.2) is 12.2 Å². The van der Waals surface area contributed by atoms with E-state index >= 15 is 0 Å². The van der Waals surface area contributed by atoms with Crippen molar-refractivity contribution >= 4 is 11.8 Å². The van der Waals surface area contributed by atoms with Gasteiger partial charge in [0.1, 0.15) is 0 Å². The second kappa shape index (κ2) is 4.07. The van der Waals surface area contributed by atoms with E-state index in [9.17, 15) is 0 Å². The lowest BCUT2D eigenvalue weighted by Gasteiger charge is -2.17. The maximum absolute atomic E-state index is 2.37. The fourth-order valence-electron chi connectivity index (χ4n) is 1.24. The average Bonchev–Trinajstić information content (AvgIpc) is 1.88. The first-order valence-electron chi connectivity index (χ1n) is 4.11. The van der Waals surface area contributed by atoms with Gasteiger partial charge < -0.3 is 0 Å². The predicted octanol–water partition coefficient (Wildman–Crippen LogP) is 3.24. The molecule has 10 heavy (non-hydrogen) atoms. The molecule has 0 nitrogen and oxygen atoms in total. The van der Waals surface area contributed by atoms with Gasteiger partial charge in [-0.25, -0.2) is 0 Å². The molecule has 1 aliphatic rings. The Labute approximate surface area is 68.1 Å². The van der Waals surface area contributed by atoms with Crippen molar-refractivity contribution in [1.82, 2.24) is 0 Å². The number of rotatable bonds is 2. The molecule has 0 aliphatic heterocycles. The van der Waals surface area contributed by atoms with Gasteiger partial charge in [0.2, 0.25) is 0 Å². The van der Waals surface area contributed by atoms with Gasteiger partial charge in [-0.05, 0) is 24.5 Å². The summed E-state index contributed by atoms with van der Waals surface area (Å²) >= 11 is 2.09. The van der Waals surface area contributed by atoms with E-state index in [2.05, 4.69) is 37.8 Å². The van der Waals surface area contributed by atoms with E-state index in [0.717, 1.165) is 10.5 Å². The SMILES string of the molecule is CC(C)S[C@H]1C=CCCC1. The Morgan fingerprint density at radius 3 is 2.80 bits per heavy atom. The summed E-state index contributed by atoms with van der Waals surface area (Å²) < 4.78 is 0. The summed E-state index contributed by atoms with van der Waals surface area (Å²) in [6.45, 7) is 4.54. The molecule has 1 aliphatic carbocycles. The Balaban J connectivity index is 2.26. The number of hydrogen-bond donors (Lipinski definition) is 0. The topological polar surface area (TPSA) is 0 Å². The molecule has 0 fully saturated rings. The van der Waals surface area contributed by atoms with Gasteiger partial charge in [0.15, 0.2) is 0 Å². The summed E-state index contributed by atoms with van der Waals surface area (Å²) in [6, 6.07) is 0. The molecule has 0 unspecified atom stereocenters. The van der Waals surface area contributed by atoms with Crippen LogP contribution in [0.1, 0.15) is 33.1 Å². The van der Waals surface area contributed by atoms with Crippen molar-refractivity contribution in [3.05, 3.63) is 12.2 Å². The van der Waals surface area contributed by atoms with Crippen LogP contribution in [0.25, 0.3) is 0 Å². The number of hydrogen-bond acceptors (Lipinski definition) is 1. The zero-order valence-electron chi connectivity index (χ0n) is 6.84. The Hall–Kier alpha value is 0.0900. The standard InChI is InChI=1S/C9H16S/c1-8(2)10-9-6-4-3-5-7-9/h4,6,8-9H,3,5,7H2,1-2H3/t9-/m0/s1. The monoisotopic (exact) mass is 156 g/mol. The van der Waals surface area contributed by atoms with Crippen LogP contribution in [0, 0.1) is 0 Å². The van der Waals surface area contributed by atoms with Crippen LogP contribution in [0.3, 0.4) is 0 Å². The fraction of sp³-hybridized carbons (Fsp3) is 0.778. The van der Waals surface area contributed by atoms with Crippen LogP contribution in [0.5, 0.6) is 0 Å². The first-order valence-corrected chi connectivity index (χ1v) is 5.05. The second-order valence-electron chi connectivity index (χ2n) is 3.08. The third-order valence-electron chi connectivity index (χ3n) is 1.66. The Bertz CT molecular complexity index is 116. The highest BCUT2D eigenvalue weighted by Crippen LogP contribution is 2.26. The van der Waals surface area contributed by atoms with E-state index in [1.807, 2.05) is 0 Å². The second-order valence-corrected chi connectivity index (χ2v) is 4.90. The van der Waals surface area contributed by atoms with Crippen molar-refractivity contribution < 1.29 is 0 Å². The van der Waals surface area contributed by atoms with Gasteiger partial charge in [-0.15, -0.1) is 0 Å². The van der Waals surface area contributed by atoms with Crippen molar-refractivity contribution in [1.29, 1.82) is 0 Å². The van der Waals surface area contributed by atoms with Crippen LogP contribution in [-0.2, 0) is 0 Å². The van der Waals surface area contributed by atoms with Crippen molar-refractivity contribution in [2.75, 3.05) is 0 Å². The van der Waals surface area contributed by atoms with E-state index in [0.29, 0.717) is 0 Å². The lowest BCUT2D eigenvalue weighted by molar-refractivity contribution is 0.739. The van der Waals surface area contributed by atoms with Gasteiger partial charge in [-0.3, -0.25) is 0 Å². The lowest BCUT2D eigenvalue weighted by atomic mass is 10.1. The van der Waals surface area contributed by atoms with Crippen molar-refractivity contribution in [2.24, 2.45) is 0 Å². The van der Waals surface area contributed by atoms with Crippen LogP contribution >= 0.6 is 11.8 Å². The van der Waals surface area contributed by atoms with Crippen LogP contribution in [0.4, 0.5) is 0 Å². The highest BCUT2D eigenvalue weighted by Gasteiger charge is 2.09. The third kappa shape index (κ3) is 2.78. The highest BCUT2D eigenvalue weighted by atomic mass is 32.2. The minimum Gasteiger partial charge on any atom is -0.152 e. The molecule has 1 rings (SSSR count). The molecule has 0 aromatic carbocycles. The van der Waals surface area contributed by atoms with E-state index in [4.69, 9.17) is 0 Å². The zero-order chi connectivity index (χ0) is 7.40. The van der Waals surface area contributed by atoms with Crippen molar-refractivity contribution in [3.8, 4) is 0 Å². The lowest BCUT2D eigenvalue weighted by Crippen LogP contribution is -2.05. The predicted molar refractivity (Wildman–Crippen MR) is 49.5 cm³/mol. The smallest absolute Gasteiger partial charge is 0.0229 e. The first-order chi connectivity index (χ1) is 4.79. The summed E-state index contributed by atoms with van der Waals surface area (Å²) in [5.41, 5.74) is 0. The minimum absolute atomic E-state index is 0.785. The highest BCUT2D eigenvalue weighted by molar-refractivity contribution is 8.00. The summed E-state index contributed by atoms with van der Waals surface area (Å²) in [6.07, 6.45) is 8.77. The van der Waals surface area contributed by atoms with Crippen molar-refractivity contribution in [2.45, 2.75) is 43.6 Å². The Morgan fingerprint density at radius 2 is 2.30 bits per heavy atom. The summed E-state index contributed by atoms with van der Waals surface area (Å²) in [7, 11) is 0. The number of thioether (sulfide) groups is 1. The normalized spacial score (nSPS) is 25.7. The molecule has 0 aromatic rings. The van der Waals surface area contributed by atoms with Crippen LogP contribution < -0.4 is 0 Å². The van der Waals surface area contributed by atoms with E-state index < -0.39 is 0 Å². The van der Waals surface area contributed by atoms with E-state index in [1.54, 1.807) is 0 Å². The van der Waals surface area contributed by atoms with E-state index in [-0.39, 0.29) is 0 Å². The van der Waals surface area contributed by atoms with Gasteiger partial charge in [0.05, 0.1) is 0 Å². The quantitative estimate of drug-likeness (QED) is 0.553. The molecule has 0 amide bonds. The molecule has 0 saturated heterocycles. The average molecular weight is 156 g/mol. The van der Waals surface area contributed by atoms with Gasteiger partial charge in [-0.1, -0.05) is 26.0 Å². The molecule has 0 heterocycles. The van der Waals surface area contributed by atoms with E-state index in [1.165, 1.54) is 19.3 Å². The number of allylic oxidation sites excluding steroid dienone is 1. The maximum Gasteiger partial charge on any atom is 0.0229 e. The summed E-state index contributed by atoms with van der Waals surface area (Å²) in [5.74, 6) is 0. The van der Waals surface area contributed by atoms with Gasteiger partial charge >= 0.3 is 0 Å². The molecule has 0 aromatic heterocycles. The molecule has 1 heteroatoms. The molecular formula is C9H16S. The fourth-order valence-corrected chi connectivity index (χ4v) is 2.45. The molecule has 0 bridgehead atoms. The molecule has 1 atom stereocenters. The Kier molecular flexibility index (Phi) is 3.33. The summed E-state index contributed by atoms with van der Waals surface area (Å²) in [4.78, 5) is 0. The molecule has 0 spiro atoms. The minimum atomic E-state index is 0.785. The van der Waals surface area contributed by atoms with Gasteiger partial charge in [0.25, 0.3) is 0 Å². The van der Waals surface area contributed by atoms with Gasteiger partial charge in [-0.2, -0.15) is 11.8 Å². The van der Waals surface area contributed by atoms with Crippen molar-refractivity contribution in [3.63, 3.8) is 0 Å².